The number of ether oxygens (including phenoxy) is 1. The van der Waals surface area contributed by atoms with Crippen molar-refractivity contribution in [3.63, 3.8) is 0 Å². The molecular formula is C24H29BrN4O4S. The third kappa shape index (κ3) is 10.3. The van der Waals surface area contributed by atoms with Crippen LogP contribution in [-0.2, 0) is 16.1 Å². The van der Waals surface area contributed by atoms with E-state index in [4.69, 9.17) is 17.0 Å². The van der Waals surface area contributed by atoms with Crippen LogP contribution in [0.2, 0.25) is 0 Å². The summed E-state index contributed by atoms with van der Waals surface area (Å²) in [7, 11) is 0. The minimum absolute atomic E-state index is 0.0269. The lowest BCUT2D eigenvalue weighted by molar-refractivity contribution is -0.126. The van der Waals surface area contributed by atoms with Gasteiger partial charge in [0.25, 0.3) is 5.91 Å². The largest absolute Gasteiger partial charge is 0.492 e. The van der Waals surface area contributed by atoms with Gasteiger partial charge in [-0.25, -0.2) is 0 Å². The van der Waals surface area contributed by atoms with E-state index in [0.717, 1.165) is 12.0 Å². The van der Waals surface area contributed by atoms with Gasteiger partial charge in [0.05, 0.1) is 11.1 Å². The van der Waals surface area contributed by atoms with Crippen molar-refractivity contribution < 1.29 is 19.1 Å². The van der Waals surface area contributed by atoms with E-state index < -0.39 is 11.8 Å². The second kappa shape index (κ2) is 14.3. The van der Waals surface area contributed by atoms with Crippen LogP contribution in [0.4, 0.5) is 0 Å². The number of carbonyl (C=O) groups excluding carboxylic acids is 3. The van der Waals surface area contributed by atoms with Crippen LogP contribution in [0, 0.1) is 5.92 Å². The molecular weight excluding hydrogens is 520 g/mol. The van der Waals surface area contributed by atoms with Gasteiger partial charge in [0.1, 0.15) is 5.75 Å². The highest BCUT2D eigenvalue weighted by Gasteiger charge is 2.12. The summed E-state index contributed by atoms with van der Waals surface area (Å²) in [5.74, 6) is 0.0725. The van der Waals surface area contributed by atoms with Crippen LogP contribution in [0.1, 0.15) is 49.0 Å². The highest BCUT2D eigenvalue weighted by Crippen LogP contribution is 2.26. The van der Waals surface area contributed by atoms with Crippen molar-refractivity contribution in [1.82, 2.24) is 21.5 Å². The van der Waals surface area contributed by atoms with Crippen molar-refractivity contribution in [2.45, 2.75) is 39.7 Å². The summed E-state index contributed by atoms with van der Waals surface area (Å²) in [6.07, 6.45) is 0.924. The summed E-state index contributed by atoms with van der Waals surface area (Å²) in [5.41, 5.74) is 6.17. The molecule has 0 saturated heterocycles. The summed E-state index contributed by atoms with van der Waals surface area (Å²) in [6.45, 7) is 5.23. The minimum Gasteiger partial charge on any atom is -0.492 e. The maximum absolute atomic E-state index is 12.4. The Morgan fingerprint density at radius 1 is 1.00 bits per heavy atom. The summed E-state index contributed by atoms with van der Waals surface area (Å²) in [4.78, 5) is 36.2. The molecule has 3 amide bonds. The summed E-state index contributed by atoms with van der Waals surface area (Å²) >= 11 is 8.46. The Balaban J connectivity index is 1.68. The first kappa shape index (κ1) is 27.3. The molecule has 0 bridgehead atoms. The first-order valence-electron chi connectivity index (χ1n) is 10.9. The second-order valence-corrected chi connectivity index (χ2v) is 9.16. The molecule has 0 atom stereocenters. The molecule has 0 spiro atoms. The molecule has 0 aromatic heterocycles. The van der Waals surface area contributed by atoms with Crippen LogP contribution < -0.4 is 26.2 Å². The second-order valence-electron chi connectivity index (χ2n) is 7.89. The van der Waals surface area contributed by atoms with Crippen molar-refractivity contribution in [2.75, 3.05) is 6.61 Å². The van der Waals surface area contributed by atoms with Crippen molar-refractivity contribution in [3.8, 4) is 5.75 Å². The molecule has 0 fully saturated rings. The SMILES string of the molecule is CC(C)CCOc1ccc(C(=O)NC(=S)NNC(=O)CCC(=O)NCc2ccccc2)cc1Br. The van der Waals surface area contributed by atoms with Gasteiger partial charge in [-0.1, -0.05) is 44.2 Å². The van der Waals surface area contributed by atoms with Crippen LogP contribution in [-0.4, -0.2) is 29.4 Å². The Labute approximate surface area is 213 Å². The maximum atomic E-state index is 12.4. The number of amides is 3. The predicted octanol–water partition coefficient (Wildman–Crippen LogP) is 3.61. The first-order chi connectivity index (χ1) is 16.2. The van der Waals surface area contributed by atoms with E-state index in [0.29, 0.717) is 34.9 Å². The molecule has 0 aliphatic carbocycles. The summed E-state index contributed by atoms with van der Waals surface area (Å²) in [6, 6.07) is 14.5. The number of carbonyl (C=O) groups is 3. The van der Waals surface area contributed by atoms with Crippen molar-refractivity contribution in [3.05, 3.63) is 64.1 Å². The number of benzene rings is 2. The standard InChI is InChI=1S/C24H29BrN4O4S/c1-16(2)12-13-33-20-9-8-18(14-19(20)25)23(32)27-24(34)29-28-22(31)11-10-21(30)26-15-17-6-4-3-5-7-17/h3-9,14,16H,10-13,15H2,1-2H3,(H,26,30)(H,28,31)(H2,27,29,32,34). The zero-order valence-corrected chi connectivity index (χ0v) is 21.6. The summed E-state index contributed by atoms with van der Waals surface area (Å²) < 4.78 is 6.37. The number of nitrogens with one attached hydrogen (secondary N) is 4. The molecule has 0 heterocycles. The average molecular weight is 549 g/mol. The van der Waals surface area contributed by atoms with Gasteiger partial charge >= 0.3 is 0 Å². The lowest BCUT2D eigenvalue weighted by Crippen LogP contribution is -2.48. The average Bonchev–Trinajstić information content (AvgIpc) is 2.81. The number of hydrazine groups is 1. The highest BCUT2D eigenvalue weighted by molar-refractivity contribution is 9.10. The highest BCUT2D eigenvalue weighted by atomic mass is 79.9. The molecule has 0 unspecified atom stereocenters. The molecule has 0 aliphatic heterocycles. The Bertz CT molecular complexity index is 1000. The molecule has 0 aliphatic rings. The molecule has 8 nitrogen and oxygen atoms in total. The molecule has 2 rings (SSSR count). The Morgan fingerprint density at radius 3 is 2.38 bits per heavy atom. The fourth-order valence-electron chi connectivity index (χ4n) is 2.67. The van der Waals surface area contributed by atoms with Gasteiger partial charge in [-0.05, 0) is 64.2 Å². The van der Waals surface area contributed by atoms with Gasteiger partial charge in [-0.3, -0.25) is 30.6 Å². The fraction of sp³-hybridized carbons (Fsp3) is 0.333. The predicted molar refractivity (Wildman–Crippen MR) is 138 cm³/mol. The minimum atomic E-state index is -0.443. The molecule has 4 N–H and O–H groups in total. The molecule has 2 aromatic carbocycles. The number of thiocarbonyl (C=S) groups is 1. The van der Waals surface area contributed by atoms with Crippen LogP contribution in [0.5, 0.6) is 5.75 Å². The molecule has 10 heteroatoms. The quantitative estimate of drug-likeness (QED) is 0.267. The first-order valence-corrected chi connectivity index (χ1v) is 12.1. The number of hydrogen-bond acceptors (Lipinski definition) is 5. The van der Waals surface area contributed by atoms with Gasteiger partial charge in [-0.15, -0.1) is 0 Å². The van der Waals surface area contributed by atoms with Crippen LogP contribution >= 0.6 is 28.1 Å². The van der Waals surface area contributed by atoms with Crippen LogP contribution in [0.3, 0.4) is 0 Å². The van der Waals surface area contributed by atoms with E-state index in [1.807, 2.05) is 30.3 Å². The molecule has 0 saturated carbocycles. The van der Waals surface area contributed by atoms with Crippen LogP contribution in [0.15, 0.2) is 53.0 Å². The van der Waals surface area contributed by atoms with Gasteiger partial charge in [0.2, 0.25) is 11.8 Å². The van der Waals surface area contributed by atoms with E-state index in [-0.39, 0.29) is 23.9 Å². The lowest BCUT2D eigenvalue weighted by Gasteiger charge is -2.12. The van der Waals surface area contributed by atoms with Crippen molar-refractivity contribution >= 4 is 51.0 Å². The van der Waals surface area contributed by atoms with E-state index in [2.05, 4.69) is 51.3 Å². The lowest BCUT2D eigenvalue weighted by atomic mass is 10.1. The van der Waals surface area contributed by atoms with E-state index in [1.165, 1.54) is 0 Å². The van der Waals surface area contributed by atoms with E-state index in [9.17, 15) is 14.4 Å². The molecule has 2 aromatic rings. The van der Waals surface area contributed by atoms with Crippen molar-refractivity contribution in [2.24, 2.45) is 5.92 Å². The fourth-order valence-corrected chi connectivity index (χ4v) is 3.31. The smallest absolute Gasteiger partial charge is 0.257 e. The van der Waals surface area contributed by atoms with E-state index in [1.54, 1.807) is 18.2 Å². The van der Waals surface area contributed by atoms with Crippen LogP contribution in [0.25, 0.3) is 0 Å². The molecule has 34 heavy (non-hydrogen) atoms. The monoisotopic (exact) mass is 548 g/mol. The van der Waals surface area contributed by atoms with Crippen molar-refractivity contribution in [1.29, 1.82) is 0 Å². The van der Waals surface area contributed by atoms with E-state index >= 15 is 0 Å². The van der Waals surface area contributed by atoms with Gasteiger partial charge in [0.15, 0.2) is 5.11 Å². The zero-order chi connectivity index (χ0) is 24.9. The molecule has 182 valence electrons. The molecule has 0 radical (unpaired) electrons. The number of halogens is 1. The maximum Gasteiger partial charge on any atom is 0.257 e. The van der Waals surface area contributed by atoms with Gasteiger partial charge in [0, 0.05) is 24.9 Å². The normalized spacial score (nSPS) is 10.4. The third-order valence-corrected chi connectivity index (χ3v) is 5.42. The van der Waals surface area contributed by atoms with Gasteiger partial charge in [-0.2, -0.15) is 0 Å². The summed E-state index contributed by atoms with van der Waals surface area (Å²) in [5, 5.41) is 5.17. The zero-order valence-electron chi connectivity index (χ0n) is 19.2. The Morgan fingerprint density at radius 2 is 1.71 bits per heavy atom. The third-order valence-electron chi connectivity index (χ3n) is 4.60. The number of rotatable bonds is 10. The van der Waals surface area contributed by atoms with Gasteiger partial charge < -0.3 is 10.1 Å². The Hall–Kier alpha value is -2.98. The topological polar surface area (TPSA) is 109 Å². The number of hydrogen-bond donors (Lipinski definition) is 4. The Kier molecular flexibility index (Phi) is 11.5.